The van der Waals surface area contributed by atoms with Crippen LogP contribution in [0.2, 0.25) is 0 Å². The van der Waals surface area contributed by atoms with Gasteiger partial charge in [0.25, 0.3) is 0 Å². The van der Waals surface area contributed by atoms with Crippen LogP contribution in [0.4, 0.5) is 23.5 Å². The van der Waals surface area contributed by atoms with Gasteiger partial charge in [-0.25, -0.2) is 32.3 Å². The van der Waals surface area contributed by atoms with Crippen molar-refractivity contribution in [2.75, 3.05) is 5.73 Å². The van der Waals surface area contributed by atoms with E-state index in [0.717, 1.165) is 0 Å². The maximum Gasteiger partial charge on any atom is 0.490 e. The molecule has 2 aromatic carbocycles. The molecule has 4 N–H and O–H groups in total. The van der Waals surface area contributed by atoms with E-state index in [9.17, 15) is 26.0 Å². The molecular weight excluding hydrogens is 492 g/mol. The smallest absolute Gasteiger partial charge is 0.475 e. The molecule has 0 aliphatic rings. The van der Waals surface area contributed by atoms with Crippen molar-refractivity contribution in [3.8, 4) is 22.3 Å². The topological polar surface area (TPSA) is 135 Å². The van der Waals surface area contributed by atoms with Crippen molar-refractivity contribution in [1.82, 2.24) is 14.7 Å². The fraction of sp³-hybridized carbons (Fsp3) is 0.227. The first kappa shape index (κ1) is 27.7. The second-order valence-corrected chi connectivity index (χ2v) is 9.83. The minimum absolute atomic E-state index is 0.0906. The van der Waals surface area contributed by atoms with Crippen LogP contribution in [-0.4, -0.2) is 41.2 Å². The highest BCUT2D eigenvalue weighted by Gasteiger charge is 2.38. The first-order valence-electron chi connectivity index (χ1n) is 9.82. The molecule has 0 spiro atoms. The molecule has 0 fully saturated rings. The number of halogens is 4. The van der Waals surface area contributed by atoms with Crippen molar-refractivity contribution < 1.29 is 35.9 Å². The van der Waals surface area contributed by atoms with Gasteiger partial charge >= 0.3 is 12.1 Å². The number of carboxylic acids is 1. The Bertz CT molecular complexity index is 1310. The van der Waals surface area contributed by atoms with Crippen molar-refractivity contribution in [3.05, 3.63) is 60.7 Å². The van der Waals surface area contributed by atoms with Gasteiger partial charge in [-0.3, -0.25) is 0 Å². The van der Waals surface area contributed by atoms with E-state index in [-0.39, 0.29) is 10.8 Å². The zero-order valence-corrected chi connectivity index (χ0v) is 19.6. The SMILES string of the molecule is CC(C)(C)NS(=O)(=O)c1ccccc1-c1ccc(-c2cnc(N)nc2)c(F)c1.O=C(O)C(F)(F)F. The summed E-state index contributed by atoms with van der Waals surface area (Å²) >= 11 is 0. The minimum atomic E-state index is -5.08. The van der Waals surface area contributed by atoms with Gasteiger partial charge in [0.05, 0.1) is 4.90 Å². The summed E-state index contributed by atoms with van der Waals surface area (Å²) < 4.78 is 74.8. The number of aromatic nitrogens is 2. The van der Waals surface area contributed by atoms with E-state index in [1.54, 1.807) is 51.1 Å². The Kier molecular flexibility index (Phi) is 8.19. The highest BCUT2D eigenvalue weighted by molar-refractivity contribution is 7.89. The zero-order valence-electron chi connectivity index (χ0n) is 18.8. The fourth-order valence-electron chi connectivity index (χ4n) is 2.79. The normalized spacial score (nSPS) is 12.0. The third-order valence-electron chi connectivity index (χ3n) is 4.12. The Labute approximate surface area is 198 Å². The highest BCUT2D eigenvalue weighted by Crippen LogP contribution is 2.31. The number of carbonyl (C=O) groups is 1. The molecule has 13 heteroatoms. The van der Waals surface area contributed by atoms with Crippen LogP contribution < -0.4 is 10.5 Å². The van der Waals surface area contributed by atoms with Crippen molar-refractivity contribution in [3.63, 3.8) is 0 Å². The van der Waals surface area contributed by atoms with Gasteiger partial charge in [0.2, 0.25) is 16.0 Å². The van der Waals surface area contributed by atoms with Gasteiger partial charge in [-0.15, -0.1) is 0 Å². The van der Waals surface area contributed by atoms with Crippen LogP contribution in [0, 0.1) is 5.82 Å². The first-order valence-corrected chi connectivity index (χ1v) is 11.3. The van der Waals surface area contributed by atoms with Crippen molar-refractivity contribution in [1.29, 1.82) is 0 Å². The van der Waals surface area contributed by atoms with E-state index in [4.69, 9.17) is 15.6 Å². The molecule has 0 saturated heterocycles. The molecule has 0 unspecified atom stereocenters. The quantitative estimate of drug-likeness (QED) is 0.443. The standard InChI is InChI=1S/C20H21FN4O2S.C2HF3O2/c1-20(2,3)25-28(26,27)18-7-5-4-6-16(18)13-8-9-15(17(21)10-13)14-11-23-19(22)24-12-14;3-2(4,5)1(6)7/h4-12,25H,1-3H3,(H2,22,23,24);(H,6,7). The Hall–Kier alpha value is -3.58. The lowest BCUT2D eigenvalue weighted by Crippen LogP contribution is -2.40. The number of aliphatic carboxylic acids is 1. The second kappa shape index (κ2) is 10.4. The lowest BCUT2D eigenvalue weighted by atomic mass is 10.0. The summed E-state index contributed by atoms with van der Waals surface area (Å²) in [5, 5.41) is 7.12. The van der Waals surface area contributed by atoms with E-state index >= 15 is 0 Å². The van der Waals surface area contributed by atoms with Gasteiger partial charge in [-0.1, -0.05) is 30.3 Å². The van der Waals surface area contributed by atoms with Crippen LogP contribution in [0.25, 0.3) is 22.3 Å². The minimum Gasteiger partial charge on any atom is -0.475 e. The van der Waals surface area contributed by atoms with Gasteiger partial charge in [-0.2, -0.15) is 13.2 Å². The van der Waals surface area contributed by atoms with Crippen LogP contribution in [-0.2, 0) is 14.8 Å². The highest BCUT2D eigenvalue weighted by atomic mass is 32.2. The third kappa shape index (κ3) is 7.72. The van der Waals surface area contributed by atoms with Crippen molar-refractivity contribution in [2.24, 2.45) is 0 Å². The summed E-state index contributed by atoms with van der Waals surface area (Å²) in [6.45, 7) is 5.28. The zero-order chi connectivity index (χ0) is 26.6. The molecule has 0 radical (unpaired) electrons. The number of nitrogen functional groups attached to an aromatic ring is 1. The van der Waals surface area contributed by atoms with Crippen molar-refractivity contribution in [2.45, 2.75) is 37.4 Å². The summed E-state index contributed by atoms with van der Waals surface area (Å²) in [6.07, 6.45) is -2.21. The Morgan fingerprint density at radius 1 is 0.971 bits per heavy atom. The van der Waals surface area contributed by atoms with Crippen LogP contribution >= 0.6 is 0 Å². The van der Waals surface area contributed by atoms with E-state index in [0.29, 0.717) is 22.3 Å². The number of nitrogens with two attached hydrogens (primary N) is 1. The van der Waals surface area contributed by atoms with Crippen LogP contribution in [0.3, 0.4) is 0 Å². The lowest BCUT2D eigenvalue weighted by molar-refractivity contribution is -0.192. The monoisotopic (exact) mass is 514 g/mol. The maximum atomic E-state index is 14.8. The predicted octanol–water partition coefficient (Wildman–Crippen LogP) is 4.24. The number of rotatable bonds is 4. The third-order valence-corrected chi connectivity index (χ3v) is 5.94. The summed E-state index contributed by atoms with van der Waals surface area (Å²) in [5.41, 5.74) is 6.47. The molecule has 0 aliphatic carbocycles. The number of nitrogens with zero attached hydrogens (tertiary/aromatic N) is 2. The summed E-state index contributed by atoms with van der Waals surface area (Å²) in [4.78, 5) is 16.7. The molecule has 3 aromatic rings. The summed E-state index contributed by atoms with van der Waals surface area (Å²) in [5.74, 6) is -3.17. The maximum absolute atomic E-state index is 14.8. The number of benzene rings is 2. The molecule has 0 bridgehead atoms. The van der Waals surface area contributed by atoms with Gasteiger partial charge in [0.15, 0.2) is 0 Å². The van der Waals surface area contributed by atoms with Gasteiger partial charge < -0.3 is 10.8 Å². The molecule has 0 amide bonds. The van der Waals surface area contributed by atoms with E-state index in [2.05, 4.69) is 14.7 Å². The molecule has 0 atom stereocenters. The molecule has 3 rings (SSSR count). The second-order valence-electron chi connectivity index (χ2n) is 8.18. The molecule has 1 heterocycles. The van der Waals surface area contributed by atoms with Gasteiger partial charge in [-0.05, 0) is 38.5 Å². The molecule has 0 aliphatic heterocycles. The van der Waals surface area contributed by atoms with Crippen molar-refractivity contribution >= 4 is 21.9 Å². The fourth-order valence-corrected chi connectivity index (χ4v) is 4.44. The molecule has 188 valence electrons. The molecule has 8 nitrogen and oxygen atoms in total. The number of anilines is 1. The largest absolute Gasteiger partial charge is 0.490 e. The van der Waals surface area contributed by atoms with Gasteiger partial charge in [0, 0.05) is 34.6 Å². The van der Waals surface area contributed by atoms with Crippen LogP contribution in [0.15, 0.2) is 59.8 Å². The number of hydrogen-bond acceptors (Lipinski definition) is 6. The molecule has 0 saturated carbocycles. The van der Waals surface area contributed by atoms with Crippen LogP contribution in [0.5, 0.6) is 0 Å². The Morgan fingerprint density at radius 3 is 2.00 bits per heavy atom. The summed E-state index contributed by atoms with van der Waals surface area (Å²) in [7, 11) is -3.78. The average molecular weight is 515 g/mol. The number of hydrogen-bond donors (Lipinski definition) is 3. The van der Waals surface area contributed by atoms with Crippen LogP contribution in [0.1, 0.15) is 20.8 Å². The van der Waals surface area contributed by atoms with E-state index in [1.807, 2.05) is 0 Å². The van der Waals surface area contributed by atoms with E-state index in [1.165, 1.54) is 24.5 Å². The molecule has 35 heavy (non-hydrogen) atoms. The number of sulfonamides is 1. The summed E-state index contributed by atoms with van der Waals surface area (Å²) in [6, 6.07) is 11.0. The Morgan fingerprint density at radius 2 is 1.51 bits per heavy atom. The van der Waals surface area contributed by atoms with Gasteiger partial charge in [0.1, 0.15) is 5.82 Å². The van der Waals surface area contributed by atoms with E-state index < -0.39 is 33.5 Å². The predicted molar refractivity (Wildman–Crippen MR) is 121 cm³/mol. The number of nitrogens with one attached hydrogen (secondary N) is 1. The molecular formula is C22H22F4N4O4S. The number of carboxylic acid groups (broad SMARTS) is 1. The Balaban J connectivity index is 0.000000540. The lowest BCUT2D eigenvalue weighted by Gasteiger charge is -2.21. The number of alkyl halides is 3. The molecule has 1 aromatic heterocycles. The first-order chi connectivity index (χ1) is 16.0. The average Bonchev–Trinajstić information content (AvgIpc) is 2.72.